The van der Waals surface area contributed by atoms with Crippen LogP contribution in [0.25, 0.3) is 12.2 Å². The Morgan fingerprint density at radius 2 is 1.46 bits per heavy atom. The van der Waals surface area contributed by atoms with E-state index in [0.717, 1.165) is 23.3 Å². The summed E-state index contributed by atoms with van der Waals surface area (Å²) in [5, 5.41) is 24.6. The standard InChI is InChI=1S/C21H16F2N2O2S/c22-15-6-9-18(17(23)12-15)25-21(28)24-16-7-3-13(4-8-16)1-2-14-5-10-19(26)20(27)11-14/h1-12,26-27H,(H2,24,25,28)/b2-1+. The van der Waals surface area contributed by atoms with Crippen LogP contribution in [-0.2, 0) is 0 Å². The van der Waals surface area contributed by atoms with Gasteiger partial charge >= 0.3 is 0 Å². The minimum atomic E-state index is -0.732. The largest absolute Gasteiger partial charge is 0.504 e. The molecule has 0 heterocycles. The Labute approximate surface area is 165 Å². The van der Waals surface area contributed by atoms with Gasteiger partial charge in [0.25, 0.3) is 0 Å². The van der Waals surface area contributed by atoms with Crippen LogP contribution in [0.1, 0.15) is 11.1 Å². The predicted molar refractivity (Wildman–Crippen MR) is 111 cm³/mol. The highest BCUT2D eigenvalue weighted by Crippen LogP contribution is 2.26. The number of thiocarbonyl (C=S) groups is 1. The Hall–Kier alpha value is -3.45. The minimum absolute atomic E-state index is 0.0793. The maximum Gasteiger partial charge on any atom is 0.175 e. The Morgan fingerprint density at radius 1 is 0.786 bits per heavy atom. The van der Waals surface area contributed by atoms with Gasteiger partial charge in [-0.05, 0) is 59.7 Å². The van der Waals surface area contributed by atoms with Crippen molar-refractivity contribution < 1.29 is 19.0 Å². The molecule has 0 aromatic heterocycles. The Kier molecular flexibility index (Phi) is 5.86. The van der Waals surface area contributed by atoms with E-state index in [4.69, 9.17) is 12.2 Å². The third-order valence-corrected chi connectivity index (χ3v) is 4.02. The van der Waals surface area contributed by atoms with Crippen molar-refractivity contribution in [3.05, 3.63) is 83.4 Å². The van der Waals surface area contributed by atoms with Gasteiger partial charge in [-0.2, -0.15) is 0 Å². The van der Waals surface area contributed by atoms with E-state index >= 15 is 0 Å². The van der Waals surface area contributed by atoms with Crippen molar-refractivity contribution in [2.75, 3.05) is 10.6 Å². The van der Waals surface area contributed by atoms with Crippen LogP contribution in [0.15, 0.2) is 60.7 Å². The van der Waals surface area contributed by atoms with Gasteiger partial charge in [0.2, 0.25) is 0 Å². The van der Waals surface area contributed by atoms with Crippen LogP contribution < -0.4 is 10.6 Å². The smallest absolute Gasteiger partial charge is 0.175 e. The topological polar surface area (TPSA) is 64.5 Å². The van der Waals surface area contributed by atoms with Gasteiger partial charge in [0.1, 0.15) is 11.6 Å². The van der Waals surface area contributed by atoms with Crippen LogP contribution in [0, 0.1) is 11.6 Å². The molecule has 0 saturated carbocycles. The van der Waals surface area contributed by atoms with Crippen molar-refractivity contribution in [3.63, 3.8) is 0 Å². The molecule has 28 heavy (non-hydrogen) atoms. The molecule has 142 valence electrons. The molecule has 0 unspecified atom stereocenters. The molecule has 0 amide bonds. The van der Waals surface area contributed by atoms with Gasteiger partial charge in [0, 0.05) is 11.8 Å². The van der Waals surface area contributed by atoms with Gasteiger partial charge in [0.05, 0.1) is 5.69 Å². The summed E-state index contributed by atoms with van der Waals surface area (Å²) in [6, 6.07) is 15.0. The summed E-state index contributed by atoms with van der Waals surface area (Å²) < 4.78 is 26.6. The molecule has 0 fully saturated rings. The molecular weight excluding hydrogens is 382 g/mol. The number of rotatable bonds is 4. The fourth-order valence-electron chi connectivity index (χ4n) is 2.39. The fourth-order valence-corrected chi connectivity index (χ4v) is 2.62. The zero-order chi connectivity index (χ0) is 20.1. The second kappa shape index (κ2) is 8.49. The maximum absolute atomic E-state index is 13.6. The molecule has 0 spiro atoms. The number of nitrogens with one attached hydrogen (secondary N) is 2. The Morgan fingerprint density at radius 3 is 2.14 bits per heavy atom. The first-order valence-corrected chi connectivity index (χ1v) is 8.65. The number of halogens is 2. The van der Waals surface area contributed by atoms with Crippen molar-refractivity contribution in [2.24, 2.45) is 0 Å². The van der Waals surface area contributed by atoms with Gasteiger partial charge in [-0.1, -0.05) is 30.4 Å². The van der Waals surface area contributed by atoms with Crippen LogP contribution in [0.4, 0.5) is 20.2 Å². The SMILES string of the molecule is Oc1ccc(/C=C/c2ccc(NC(=S)Nc3ccc(F)cc3F)cc2)cc1O. The van der Waals surface area contributed by atoms with Gasteiger partial charge in [-0.25, -0.2) is 8.78 Å². The quantitative estimate of drug-likeness (QED) is 0.271. The zero-order valence-corrected chi connectivity index (χ0v) is 15.3. The summed E-state index contributed by atoms with van der Waals surface area (Å²) in [6.45, 7) is 0. The second-order valence-electron chi connectivity index (χ2n) is 5.91. The van der Waals surface area contributed by atoms with Crippen molar-refractivity contribution in [3.8, 4) is 11.5 Å². The van der Waals surface area contributed by atoms with E-state index in [1.807, 2.05) is 18.2 Å². The number of hydrogen-bond donors (Lipinski definition) is 4. The molecule has 0 aliphatic heterocycles. The fraction of sp³-hybridized carbons (Fsp3) is 0. The van der Waals surface area contributed by atoms with Crippen LogP contribution in [0.2, 0.25) is 0 Å². The van der Waals surface area contributed by atoms with E-state index in [1.54, 1.807) is 24.3 Å². The van der Waals surface area contributed by atoms with Crippen molar-refractivity contribution in [2.45, 2.75) is 0 Å². The molecule has 3 rings (SSSR count). The molecule has 4 nitrogen and oxygen atoms in total. The summed E-state index contributed by atoms with van der Waals surface area (Å²) in [5.41, 5.74) is 2.42. The van der Waals surface area contributed by atoms with Crippen LogP contribution in [-0.4, -0.2) is 15.3 Å². The third kappa shape index (κ3) is 5.05. The first-order chi connectivity index (χ1) is 13.4. The molecule has 0 radical (unpaired) electrons. The van der Waals surface area contributed by atoms with Crippen LogP contribution in [0.5, 0.6) is 11.5 Å². The van der Waals surface area contributed by atoms with Gasteiger partial charge in [-0.3, -0.25) is 0 Å². The number of phenols is 2. The van der Waals surface area contributed by atoms with Crippen molar-refractivity contribution in [1.82, 2.24) is 0 Å². The molecule has 7 heteroatoms. The minimum Gasteiger partial charge on any atom is -0.504 e. The van der Waals surface area contributed by atoms with E-state index in [2.05, 4.69) is 10.6 Å². The summed E-state index contributed by atoms with van der Waals surface area (Å²) >= 11 is 5.14. The molecule has 3 aromatic carbocycles. The van der Waals surface area contributed by atoms with E-state index in [9.17, 15) is 19.0 Å². The number of anilines is 2. The lowest BCUT2D eigenvalue weighted by atomic mass is 10.1. The normalized spacial score (nSPS) is 10.8. The van der Waals surface area contributed by atoms with Gasteiger partial charge in [0.15, 0.2) is 16.6 Å². The van der Waals surface area contributed by atoms with E-state index in [-0.39, 0.29) is 22.3 Å². The highest BCUT2D eigenvalue weighted by Gasteiger charge is 2.06. The number of benzene rings is 3. The highest BCUT2D eigenvalue weighted by atomic mass is 32.1. The van der Waals surface area contributed by atoms with Gasteiger partial charge in [-0.15, -0.1) is 0 Å². The zero-order valence-electron chi connectivity index (χ0n) is 14.5. The van der Waals surface area contributed by atoms with E-state index in [0.29, 0.717) is 5.69 Å². The number of aromatic hydroxyl groups is 2. The molecule has 0 bridgehead atoms. The van der Waals surface area contributed by atoms with Crippen molar-refractivity contribution >= 4 is 40.9 Å². The first kappa shape index (κ1) is 19.3. The second-order valence-corrected chi connectivity index (χ2v) is 6.32. The Balaban J connectivity index is 1.61. The summed E-state index contributed by atoms with van der Waals surface area (Å²) in [5.74, 6) is -1.74. The van der Waals surface area contributed by atoms with E-state index < -0.39 is 11.6 Å². The number of hydrogen-bond acceptors (Lipinski definition) is 3. The molecule has 0 aliphatic rings. The molecule has 3 aromatic rings. The molecule has 0 aliphatic carbocycles. The average Bonchev–Trinajstić information content (AvgIpc) is 2.66. The predicted octanol–water partition coefficient (Wildman–Crippen LogP) is 5.36. The summed E-state index contributed by atoms with van der Waals surface area (Å²) in [7, 11) is 0. The molecule has 0 saturated heterocycles. The monoisotopic (exact) mass is 398 g/mol. The van der Waals surface area contributed by atoms with Crippen LogP contribution in [0.3, 0.4) is 0 Å². The average molecular weight is 398 g/mol. The molecule has 4 N–H and O–H groups in total. The lowest BCUT2D eigenvalue weighted by Gasteiger charge is -2.11. The van der Waals surface area contributed by atoms with E-state index in [1.165, 1.54) is 18.2 Å². The lowest BCUT2D eigenvalue weighted by Crippen LogP contribution is -2.19. The number of phenolic OH excluding ortho intramolecular Hbond substituents is 2. The Bertz CT molecular complexity index is 1040. The van der Waals surface area contributed by atoms with Crippen LogP contribution >= 0.6 is 12.2 Å². The van der Waals surface area contributed by atoms with Gasteiger partial charge < -0.3 is 20.8 Å². The highest BCUT2D eigenvalue weighted by molar-refractivity contribution is 7.80. The lowest BCUT2D eigenvalue weighted by molar-refractivity contribution is 0.403. The first-order valence-electron chi connectivity index (χ1n) is 8.24. The maximum atomic E-state index is 13.6. The van der Waals surface area contributed by atoms with Crippen molar-refractivity contribution in [1.29, 1.82) is 0 Å². The molecular formula is C21H16F2N2O2S. The third-order valence-electron chi connectivity index (χ3n) is 3.82. The summed E-state index contributed by atoms with van der Waals surface area (Å²) in [6.07, 6.45) is 3.64. The molecule has 0 atom stereocenters. The summed E-state index contributed by atoms with van der Waals surface area (Å²) in [4.78, 5) is 0.